The third kappa shape index (κ3) is 4.68. The summed E-state index contributed by atoms with van der Waals surface area (Å²) < 4.78 is 16.4. The first kappa shape index (κ1) is 18.4. The van der Waals surface area contributed by atoms with E-state index in [0.29, 0.717) is 19.8 Å². The topological polar surface area (TPSA) is 44.8 Å². The van der Waals surface area contributed by atoms with Gasteiger partial charge in [-0.25, -0.2) is 0 Å². The molecule has 0 saturated carbocycles. The fourth-order valence-electron chi connectivity index (χ4n) is 2.82. The Morgan fingerprint density at radius 1 is 1.14 bits per heavy atom. The molecule has 0 aliphatic carbocycles. The van der Waals surface area contributed by atoms with Crippen molar-refractivity contribution in [1.29, 1.82) is 0 Å². The first-order valence-electron chi connectivity index (χ1n) is 7.92. The zero-order valence-corrected chi connectivity index (χ0v) is 14.7. The first-order chi connectivity index (χ1) is 9.52. The maximum Gasteiger partial charge on any atom is 0.314 e. The lowest BCUT2D eigenvalue weighted by Gasteiger charge is -2.45. The highest BCUT2D eigenvalue weighted by atomic mass is 16.7. The Labute approximate surface area is 129 Å². The van der Waals surface area contributed by atoms with Crippen molar-refractivity contribution < 1.29 is 19.0 Å². The molecule has 0 radical (unpaired) electrons. The van der Waals surface area contributed by atoms with E-state index in [1.807, 2.05) is 6.92 Å². The van der Waals surface area contributed by atoms with Crippen LogP contribution in [0.1, 0.15) is 61.3 Å². The standard InChI is InChI=1S/C17H32O4/c1-8-16(5,6)17(7,12-15(2,3)4)14(18)21-13-11-19-9-10-20-13/h13H,8-12H2,1-7H3. The molecule has 2 unspecified atom stereocenters. The smallest absolute Gasteiger partial charge is 0.314 e. The molecule has 1 rings (SSSR count). The molecule has 4 heteroatoms. The highest BCUT2D eigenvalue weighted by molar-refractivity contribution is 5.77. The van der Waals surface area contributed by atoms with Gasteiger partial charge in [-0.15, -0.1) is 0 Å². The van der Waals surface area contributed by atoms with Gasteiger partial charge in [-0.1, -0.05) is 41.5 Å². The van der Waals surface area contributed by atoms with E-state index in [0.717, 1.165) is 12.8 Å². The molecule has 0 aromatic heterocycles. The van der Waals surface area contributed by atoms with Gasteiger partial charge in [0.1, 0.15) is 6.61 Å². The van der Waals surface area contributed by atoms with E-state index in [4.69, 9.17) is 14.2 Å². The summed E-state index contributed by atoms with van der Waals surface area (Å²) >= 11 is 0. The van der Waals surface area contributed by atoms with Crippen LogP contribution in [-0.2, 0) is 19.0 Å². The minimum absolute atomic E-state index is 0.0458. The van der Waals surface area contributed by atoms with Crippen LogP contribution in [0.5, 0.6) is 0 Å². The molecule has 0 aromatic carbocycles. The maximum absolute atomic E-state index is 12.9. The molecule has 4 nitrogen and oxygen atoms in total. The molecule has 1 heterocycles. The number of ether oxygens (including phenoxy) is 3. The van der Waals surface area contributed by atoms with Crippen LogP contribution < -0.4 is 0 Å². The molecular weight excluding hydrogens is 268 g/mol. The van der Waals surface area contributed by atoms with Crippen molar-refractivity contribution in [3.8, 4) is 0 Å². The van der Waals surface area contributed by atoms with Gasteiger partial charge >= 0.3 is 5.97 Å². The minimum Gasteiger partial charge on any atom is -0.433 e. The quantitative estimate of drug-likeness (QED) is 0.725. The summed E-state index contributed by atoms with van der Waals surface area (Å²) in [6, 6.07) is 0. The third-order valence-electron chi connectivity index (χ3n) is 4.74. The number of rotatable bonds is 5. The van der Waals surface area contributed by atoms with Crippen LogP contribution in [0.2, 0.25) is 0 Å². The lowest BCUT2D eigenvalue weighted by molar-refractivity contribution is -0.227. The molecule has 1 saturated heterocycles. The molecular formula is C17H32O4. The highest BCUT2D eigenvalue weighted by Gasteiger charge is 2.50. The summed E-state index contributed by atoms with van der Waals surface area (Å²) in [6.07, 6.45) is 1.11. The lowest BCUT2D eigenvalue weighted by Crippen LogP contribution is -2.47. The summed E-state index contributed by atoms with van der Waals surface area (Å²) in [6.45, 7) is 16.3. The lowest BCUT2D eigenvalue weighted by atomic mass is 9.59. The summed E-state index contributed by atoms with van der Waals surface area (Å²) in [5.41, 5.74) is -0.655. The van der Waals surface area contributed by atoms with Gasteiger partial charge in [0, 0.05) is 0 Å². The predicted molar refractivity (Wildman–Crippen MR) is 82.9 cm³/mol. The Morgan fingerprint density at radius 3 is 2.19 bits per heavy atom. The van der Waals surface area contributed by atoms with Gasteiger partial charge in [-0.3, -0.25) is 4.79 Å². The van der Waals surface area contributed by atoms with E-state index in [1.54, 1.807) is 0 Å². The average molecular weight is 300 g/mol. The van der Waals surface area contributed by atoms with Crippen LogP contribution in [0.4, 0.5) is 0 Å². The normalized spacial score (nSPS) is 23.5. The van der Waals surface area contributed by atoms with Crippen molar-refractivity contribution >= 4 is 5.97 Å². The fourth-order valence-corrected chi connectivity index (χ4v) is 2.82. The van der Waals surface area contributed by atoms with Gasteiger partial charge in [0.15, 0.2) is 0 Å². The SMILES string of the molecule is CCC(C)(C)C(C)(CC(C)(C)C)C(=O)OC1COCCO1. The molecule has 2 atom stereocenters. The summed E-state index contributed by atoms with van der Waals surface area (Å²) in [5.74, 6) is -0.181. The second-order valence-electron chi connectivity index (χ2n) is 8.09. The molecule has 0 spiro atoms. The molecule has 21 heavy (non-hydrogen) atoms. The molecule has 0 aromatic rings. The van der Waals surface area contributed by atoms with Gasteiger partial charge in [-0.05, 0) is 30.6 Å². The highest BCUT2D eigenvalue weighted by Crippen LogP contribution is 2.49. The first-order valence-corrected chi connectivity index (χ1v) is 7.92. The summed E-state index contributed by atoms with van der Waals surface area (Å²) in [4.78, 5) is 12.9. The molecule has 124 valence electrons. The second kappa shape index (κ2) is 6.66. The number of hydrogen-bond acceptors (Lipinski definition) is 4. The fraction of sp³-hybridized carbons (Fsp3) is 0.941. The van der Waals surface area contributed by atoms with E-state index in [-0.39, 0.29) is 16.8 Å². The van der Waals surface area contributed by atoms with Gasteiger partial charge in [0.05, 0.1) is 18.6 Å². The maximum atomic E-state index is 12.9. The monoisotopic (exact) mass is 300 g/mol. The molecule has 1 aliphatic rings. The number of carbonyl (C=O) groups is 1. The molecule has 1 fully saturated rings. The van der Waals surface area contributed by atoms with Crippen molar-refractivity contribution in [2.45, 2.75) is 67.6 Å². The molecule has 0 bridgehead atoms. The van der Waals surface area contributed by atoms with E-state index < -0.39 is 11.7 Å². The third-order valence-corrected chi connectivity index (χ3v) is 4.74. The van der Waals surface area contributed by atoms with E-state index in [9.17, 15) is 4.79 Å². The Kier molecular flexibility index (Phi) is 5.84. The Morgan fingerprint density at radius 2 is 1.76 bits per heavy atom. The van der Waals surface area contributed by atoms with Crippen molar-refractivity contribution in [1.82, 2.24) is 0 Å². The molecule has 0 amide bonds. The van der Waals surface area contributed by atoms with E-state index in [2.05, 4.69) is 41.5 Å². The predicted octanol–water partition coefficient (Wildman–Crippen LogP) is 3.78. The second-order valence-corrected chi connectivity index (χ2v) is 8.09. The largest absolute Gasteiger partial charge is 0.433 e. The Balaban J connectivity index is 2.91. The van der Waals surface area contributed by atoms with Gasteiger partial charge in [0.2, 0.25) is 6.29 Å². The van der Waals surface area contributed by atoms with E-state index >= 15 is 0 Å². The van der Waals surface area contributed by atoms with Crippen LogP contribution in [0.15, 0.2) is 0 Å². The van der Waals surface area contributed by atoms with E-state index in [1.165, 1.54) is 0 Å². The summed E-state index contributed by atoms with van der Waals surface area (Å²) in [5, 5.41) is 0. The van der Waals surface area contributed by atoms with Crippen molar-refractivity contribution in [3.63, 3.8) is 0 Å². The minimum atomic E-state index is -0.571. The Hall–Kier alpha value is -0.610. The number of carbonyl (C=O) groups excluding carboxylic acids is 1. The van der Waals surface area contributed by atoms with Crippen LogP contribution in [-0.4, -0.2) is 32.1 Å². The molecule has 0 N–H and O–H groups in total. The van der Waals surface area contributed by atoms with Crippen LogP contribution in [0.3, 0.4) is 0 Å². The van der Waals surface area contributed by atoms with Crippen LogP contribution in [0.25, 0.3) is 0 Å². The van der Waals surface area contributed by atoms with Crippen LogP contribution in [0, 0.1) is 16.2 Å². The average Bonchev–Trinajstić information content (AvgIpc) is 2.37. The van der Waals surface area contributed by atoms with Gasteiger partial charge in [-0.2, -0.15) is 0 Å². The summed E-state index contributed by atoms with van der Waals surface area (Å²) in [7, 11) is 0. The zero-order valence-electron chi connectivity index (χ0n) is 14.7. The van der Waals surface area contributed by atoms with Crippen molar-refractivity contribution in [2.75, 3.05) is 19.8 Å². The molecule has 1 aliphatic heterocycles. The van der Waals surface area contributed by atoms with Crippen molar-refractivity contribution in [3.05, 3.63) is 0 Å². The number of hydrogen-bond donors (Lipinski definition) is 0. The number of esters is 1. The van der Waals surface area contributed by atoms with Crippen molar-refractivity contribution in [2.24, 2.45) is 16.2 Å². The van der Waals surface area contributed by atoms with Crippen LogP contribution >= 0.6 is 0 Å². The Bertz CT molecular complexity index is 350. The van der Waals surface area contributed by atoms with Gasteiger partial charge in [0.25, 0.3) is 0 Å². The van der Waals surface area contributed by atoms with Gasteiger partial charge < -0.3 is 14.2 Å². The zero-order chi connectivity index (χ0) is 16.3.